The number of esters is 1. The van der Waals surface area contributed by atoms with Crippen LogP contribution < -0.4 is 5.32 Å². The van der Waals surface area contributed by atoms with E-state index in [1.54, 1.807) is 0 Å². The summed E-state index contributed by atoms with van der Waals surface area (Å²) >= 11 is 0. The van der Waals surface area contributed by atoms with Gasteiger partial charge in [0.05, 0.1) is 6.61 Å². The molecule has 0 aromatic heterocycles. The Hall–Kier alpha value is -0.570. The van der Waals surface area contributed by atoms with Crippen molar-refractivity contribution < 1.29 is 9.53 Å². The molecular weight excluding hydrogens is 190 g/mol. The fourth-order valence-electron chi connectivity index (χ4n) is 2.97. The maximum absolute atomic E-state index is 11.5. The highest BCUT2D eigenvalue weighted by Crippen LogP contribution is 2.35. The van der Waals surface area contributed by atoms with E-state index in [0.29, 0.717) is 12.5 Å². The first-order valence-corrected chi connectivity index (χ1v) is 6.21. The third-order valence-electron chi connectivity index (χ3n) is 3.80. The molecule has 86 valence electrons. The molecule has 0 radical (unpaired) electrons. The van der Waals surface area contributed by atoms with Gasteiger partial charge in [-0.1, -0.05) is 25.7 Å². The van der Waals surface area contributed by atoms with Crippen LogP contribution in [0.25, 0.3) is 0 Å². The molecule has 2 aliphatic rings. The Morgan fingerprint density at radius 2 is 2.07 bits per heavy atom. The Morgan fingerprint density at radius 3 is 2.73 bits per heavy atom. The predicted molar refractivity (Wildman–Crippen MR) is 58.5 cm³/mol. The van der Waals surface area contributed by atoms with E-state index in [1.165, 1.54) is 25.7 Å². The Balaban J connectivity index is 1.80. The van der Waals surface area contributed by atoms with E-state index >= 15 is 0 Å². The van der Waals surface area contributed by atoms with Crippen molar-refractivity contribution in [2.24, 2.45) is 11.8 Å². The third kappa shape index (κ3) is 2.51. The van der Waals surface area contributed by atoms with Crippen LogP contribution in [-0.2, 0) is 9.53 Å². The van der Waals surface area contributed by atoms with E-state index in [4.69, 9.17) is 4.74 Å². The van der Waals surface area contributed by atoms with Crippen molar-refractivity contribution in [3.8, 4) is 0 Å². The molecular formula is C12H21NO2. The molecule has 3 nitrogen and oxygen atoms in total. The van der Waals surface area contributed by atoms with Crippen LogP contribution in [-0.4, -0.2) is 25.2 Å². The number of rotatable bonds is 3. The molecule has 1 saturated carbocycles. The number of ether oxygens (including phenoxy) is 1. The minimum Gasteiger partial charge on any atom is -0.465 e. The quantitative estimate of drug-likeness (QED) is 0.722. The van der Waals surface area contributed by atoms with E-state index in [2.05, 4.69) is 5.32 Å². The lowest BCUT2D eigenvalue weighted by Crippen LogP contribution is -2.32. The lowest BCUT2D eigenvalue weighted by atomic mass is 9.89. The normalized spacial score (nSPS) is 32.1. The summed E-state index contributed by atoms with van der Waals surface area (Å²) in [6, 6.07) is -0.0319. The third-order valence-corrected chi connectivity index (χ3v) is 3.80. The monoisotopic (exact) mass is 211 g/mol. The molecule has 15 heavy (non-hydrogen) atoms. The van der Waals surface area contributed by atoms with Gasteiger partial charge in [-0.25, -0.2) is 0 Å². The lowest BCUT2D eigenvalue weighted by Gasteiger charge is -2.16. The molecule has 0 spiro atoms. The average Bonchev–Trinajstić information content (AvgIpc) is 2.89. The fourth-order valence-corrected chi connectivity index (χ4v) is 2.97. The molecule has 1 aliphatic carbocycles. The van der Waals surface area contributed by atoms with Gasteiger partial charge in [-0.15, -0.1) is 0 Å². The van der Waals surface area contributed by atoms with Gasteiger partial charge in [0.25, 0.3) is 0 Å². The van der Waals surface area contributed by atoms with Gasteiger partial charge >= 0.3 is 5.97 Å². The largest absolute Gasteiger partial charge is 0.465 e. The minimum absolute atomic E-state index is 0.0319. The molecule has 1 N–H and O–H groups in total. The summed E-state index contributed by atoms with van der Waals surface area (Å²) in [6.07, 6.45) is 6.48. The second-order valence-electron chi connectivity index (χ2n) is 4.75. The molecule has 2 rings (SSSR count). The molecule has 2 atom stereocenters. The van der Waals surface area contributed by atoms with Crippen molar-refractivity contribution >= 4 is 5.97 Å². The molecule has 0 aromatic carbocycles. The van der Waals surface area contributed by atoms with Crippen molar-refractivity contribution in [2.75, 3.05) is 13.2 Å². The zero-order valence-electron chi connectivity index (χ0n) is 9.50. The molecule has 0 amide bonds. The van der Waals surface area contributed by atoms with Crippen LogP contribution in [0.1, 0.15) is 39.0 Å². The first-order valence-electron chi connectivity index (χ1n) is 6.21. The van der Waals surface area contributed by atoms with E-state index in [1.807, 2.05) is 6.92 Å². The van der Waals surface area contributed by atoms with Gasteiger partial charge in [-0.3, -0.25) is 4.79 Å². The van der Waals surface area contributed by atoms with Crippen LogP contribution in [0.15, 0.2) is 0 Å². The summed E-state index contributed by atoms with van der Waals surface area (Å²) in [4.78, 5) is 11.5. The van der Waals surface area contributed by atoms with E-state index in [-0.39, 0.29) is 12.0 Å². The smallest absolute Gasteiger partial charge is 0.323 e. The number of carbonyl (C=O) groups is 1. The highest BCUT2D eigenvalue weighted by Gasteiger charge is 2.35. The topological polar surface area (TPSA) is 38.3 Å². The van der Waals surface area contributed by atoms with E-state index in [0.717, 1.165) is 18.9 Å². The van der Waals surface area contributed by atoms with E-state index < -0.39 is 0 Å². The zero-order chi connectivity index (χ0) is 10.7. The second-order valence-corrected chi connectivity index (χ2v) is 4.75. The van der Waals surface area contributed by atoms with Gasteiger partial charge in [0.15, 0.2) is 0 Å². The van der Waals surface area contributed by atoms with Gasteiger partial charge in [0.1, 0.15) is 6.04 Å². The minimum atomic E-state index is -0.0574. The molecule has 2 unspecified atom stereocenters. The number of carbonyl (C=O) groups excluding carboxylic acids is 1. The summed E-state index contributed by atoms with van der Waals surface area (Å²) in [5.41, 5.74) is 0. The number of nitrogens with one attached hydrogen (secondary N) is 1. The summed E-state index contributed by atoms with van der Waals surface area (Å²) in [5, 5.41) is 3.29. The lowest BCUT2D eigenvalue weighted by molar-refractivity contribution is -0.145. The number of hydrogen-bond acceptors (Lipinski definition) is 3. The average molecular weight is 211 g/mol. The molecule has 1 heterocycles. The van der Waals surface area contributed by atoms with Gasteiger partial charge < -0.3 is 10.1 Å². The summed E-state index contributed by atoms with van der Waals surface area (Å²) in [5.74, 6) is 1.51. The Morgan fingerprint density at radius 1 is 1.33 bits per heavy atom. The Bertz CT molecular complexity index is 224. The zero-order valence-corrected chi connectivity index (χ0v) is 9.50. The summed E-state index contributed by atoms with van der Waals surface area (Å²) in [6.45, 7) is 3.36. The van der Waals surface area contributed by atoms with Crippen molar-refractivity contribution in [1.29, 1.82) is 0 Å². The SMILES string of the molecule is CCOC(=O)C1CC(C2CCCC2)CN1. The second kappa shape index (κ2) is 4.97. The van der Waals surface area contributed by atoms with Gasteiger partial charge in [0.2, 0.25) is 0 Å². The van der Waals surface area contributed by atoms with Crippen LogP contribution in [0.2, 0.25) is 0 Å². The predicted octanol–water partition coefficient (Wildman–Crippen LogP) is 1.72. The maximum Gasteiger partial charge on any atom is 0.323 e. The fraction of sp³-hybridized carbons (Fsp3) is 0.917. The molecule has 0 aromatic rings. The van der Waals surface area contributed by atoms with Crippen LogP contribution >= 0.6 is 0 Å². The van der Waals surface area contributed by atoms with Crippen molar-refractivity contribution in [1.82, 2.24) is 5.32 Å². The highest BCUT2D eigenvalue weighted by molar-refractivity contribution is 5.76. The van der Waals surface area contributed by atoms with Gasteiger partial charge in [-0.2, -0.15) is 0 Å². The first-order chi connectivity index (χ1) is 7.31. The summed E-state index contributed by atoms with van der Waals surface area (Å²) in [7, 11) is 0. The molecule has 1 saturated heterocycles. The maximum atomic E-state index is 11.5. The Kier molecular flexibility index (Phi) is 3.62. The van der Waals surface area contributed by atoms with Crippen molar-refractivity contribution in [3.63, 3.8) is 0 Å². The molecule has 0 bridgehead atoms. The molecule has 1 aliphatic heterocycles. The van der Waals surface area contributed by atoms with Crippen LogP contribution in [0, 0.1) is 11.8 Å². The number of hydrogen-bond donors (Lipinski definition) is 1. The van der Waals surface area contributed by atoms with Crippen LogP contribution in [0.3, 0.4) is 0 Å². The van der Waals surface area contributed by atoms with Gasteiger partial charge in [-0.05, 0) is 31.7 Å². The first kappa shape index (κ1) is 10.9. The highest BCUT2D eigenvalue weighted by atomic mass is 16.5. The molecule has 3 heteroatoms. The summed E-state index contributed by atoms with van der Waals surface area (Å²) < 4.78 is 5.04. The van der Waals surface area contributed by atoms with E-state index in [9.17, 15) is 4.79 Å². The standard InChI is InChI=1S/C12H21NO2/c1-2-15-12(14)11-7-10(8-13-11)9-5-3-4-6-9/h9-11,13H,2-8H2,1H3. The molecule has 2 fully saturated rings. The van der Waals surface area contributed by atoms with Crippen LogP contribution in [0.4, 0.5) is 0 Å². The van der Waals surface area contributed by atoms with Crippen LogP contribution in [0.5, 0.6) is 0 Å². The van der Waals surface area contributed by atoms with Gasteiger partial charge in [0, 0.05) is 0 Å². The van der Waals surface area contributed by atoms with Crippen molar-refractivity contribution in [2.45, 2.75) is 45.1 Å². The van der Waals surface area contributed by atoms with Crippen molar-refractivity contribution in [3.05, 3.63) is 0 Å². The Labute approximate surface area is 91.6 Å².